The fourth-order valence-electron chi connectivity index (χ4n) is 1.66. The van der Waals surface area contributed by atoms with Crippen LogP contribution in [0, 0.1) is 0 Å². The molecule has 1 amide bonds. The molecular formula is C13H15BrClN3O. The van der Waals surface area contributed by atoms with Gasteiger partial charge >= 0.3 is 0 Å². The number of amides is 1. The normalized spacial score (nSPS) is 9.79. The Kier molecular flexibility index (Phi) is 6.08. The number of H-pyrrole nitrogens is 1. The van der Waals surface area contributed by atoms with E-state index in [1.165, 1.54) is 0 Å². The van der Waals surface area contributed by atoms with Crippen molar-refractivity contribution in [1.82, 2.24) is 10.3 Å². The van der Waals surface area contributed by atoms with Gasteiger partial charge in [0.05, 0.1) is 0 Å². The van der Waals surface area contributed by atoms with Crippen molar-refractivity contribution < 1.29 is 4.79 Å². The number of carbonyl (C=O) groups is 1. The van der Waals surface area contributed by atoms with Crippen LogP contribution in [0.25, 0.3) is 0 Å². The molecule has 0 aliphatic heterocycles. The molecule has 0 radical (unpaired) electrons. The van der Waals surface area contributed by atoms with E-state index in [4.69, 9.17) is 0 Å². The summed E-state index contributed by atoms with van der Waals surface area (Å²) >= 11 is 3.30. The topological polar surface area (TPSA) is 56.9 Å². The van der Waals surface area contributed by atoms with Crippen molar-refractivity contribution in [2.24, 2.45) is 0 Å². The van der Waals surface area contributed by atoms with Crippen LogP contribution in [0.15, 0.2) is 41.0 Å². The van der Waals surface area contributed by atoms with Crippen LogP contribution < -0.4 is 10.6 Å². The smallest absolute Gasteiger partial charge is 0.272 e. The maximum atomic E-state index is 11.9. The maximum absolute atomic E-state index is 11.9. The van der Waals surface area contributed by atoms with E-state index in [9.17, 15) is 4.79 Å². The van der Waals surface area contributed by atoms with Crippen molar-refractivity contribution in [2.75, 3.05) is 12.4 Å². The Hall–Kier alpha value is -1.30. The molecule has 0 aliphatic rings. The zero-order valence-electron chi connectivity index (χ0n) is 10.4. The summed E-state index contributed by atoms with van der Waals surface area (Å²) in [5, 5.41) is 5.93. The lowest BCUT2D eigenvalue weighted by Crippen LogP contribution is -2.12. The molecule has 0 atom stereocenters. The Balaban J connectivity index is 0.00000180. The Bertz CT molecular complexity index is 556. The lowest BCUT2D eigenvalue weighted by Gasteiger charge is -2.06. The van der Waals surface area contributed by atoms with Crippen molar-refractivity contribution in [1.29, 1.82) is 0 Å². The summed E-state index contributed by atoms with van der Waals surface area (Å²) in [4.78, 5) is 14.8. The predicted molar refractivity (Wildman–Crippen MR) is 82.9 cm³/mol. The molecule has 0 saturated heterocycles. The Labute approximate surface area is 126 Å². The highest BCUT2D eigenvalue weighted by atomic mass is 79.9. The summed E-state index contributed by atoms with van der Waals surface area (Å²) < 4.78 is 0.858. The molecule has 2 aromatic rings. The maximum Gasteiger partial charge on any atom is 0.272 e. The molecule has 1 heterocycles. The van der Waals surface area contributed by atoms with Gasteiger partial charge in [-0.25, -0.2) is 0 Å². The van der Waals surface area contributed by atoms with Crippen molar-refractivity contribution in [3.05, 3.63) is 52.3 Å². The molecule has 0 unspecified atom stereocenters. The van der Waals surface area contributed by atoms with Gasteiger partial charge in [0, 0.05) is 22.9 Å². The van der Waals surface area contributed by atoms with Gasteiger partial charge < -0.3 is 15.6 Å². The molecule has 102 valence electrons. The van der Waals surface area contributed by atoms with Gasteiger partial charge in [-0.1, -0.05) is 12.1 Å². The van der Waals surface area contributed by atoms with Crippen LogP contribution in [0.5, 0.6) is 0 Å². The first-order chi connectivity index (χ1) is 8.69. The van der Waals surface area contributed by atoms with Gasteiger partial charge in [0.1, 0.15) is 5.69 Å². The zero-order valence-corrected chi connectivity index (χ0v) is 12.8. The molecule has 1 aromatic heterocycles. The average molecular weight is 345 g/mol. The van der Waals surface area contributed by atoms with Gasteiger partial charge in [-0.3, -0.25) is 4.79 Å². The molecule has 0 saturated carbocycles. The molecule has 19 heavy (non-hydrogen) atoms. The fourth-order valence-corrected chi connectivity index (χ4v) is 2.00. The molecule has 0 bridgehead atoms. The first kappa shape index (κ1) is 15.8. The monoisotopic (exact) mass is 343 g/mol. The number of halogens is 2. The van der Waals surface area contributed by atoms with Crippen LogP contribution in [0.2, 0.25) is 0 Å². The first-order valence-electron chi connectivity index (χ1n) is 5.58. The van der Waals surface area contributed by atoms with E-state index in [1.54, 1.807) is 12.3 Å². The molecule has 0 fully saturated rings. The van der Waals surface area contributed by atoms with Gasteiger partial charge in [-0.05, 0) is 46.7 Å². The van der Waals surface area contributed by atoms with E-state index >= 15 is 0 Å². The number of hydrogen-bond acceptors (Lipinski definition) is 2. The molecule has 6 heteroatoms. The number of anilines is 1. The van der Waals surface area contributed by atoms with Gasteiger partial charge in [0.25, 0.3) is 5.91 Å². The highest BCUT2D eigenvalue weighted by Crippen LogP contribution is 2.14. The van der Waals surface area contributed by atoms with Gasteiger partial charge in [-0.2, -0.15) is 0 Å². The summed E-state index contributed by atoms with van der Waals surface area (Å²) in [7, 11) is 1.89. The number of aromatic amines is 1. The van der Waals surface area contributed by atoms with Crippen molar-refractivity contribution in [3.8, 4) is 0 Å². The molecule has 0 aliphatic carbocycles. The third-order valence-corrected chi connectivity index (χ3v) is 2.92. The number of hydrogen-bond donors (Lipinski definition) is 3. The molecule has 2 rings (SSSR count). The quantitative estimate of drug-likeness (QED) is 0.798. The summed E-state index contributed by atoms with van der Waals surface area (Å²) in [6, 6.07) is 9.50. The average Bonchev–Trinajstić information content (AvgIpc) is 2.77. The van der Waals surface area contributed by atoms with Crippen molar-refractivity contribution >= 4 is 39.9 Å². The summed E-state index contributed by atoms with van der Waals surface area (Å²) in [6.07, 6.45) is 1.73. The third kappa shape index (κ3) is 4.38. The van der Waals surface area contributed by atoms with E-state index in [0.717, 1.165) is 22.3 Å². The predicted octanol–water partition coefficient (Wildman–Crippen LogP) is 3.17. The SMILES string of the molecule is CNCc1cccc(NC(=O)c2cc(Br)c[nH]2)c1.Cl. The van der Waals surface area contributed by atoms with Gasteiger partial charge in [0.2, 0.25) is 0 Å². The lowest BCUT2D eigenvalue weighted by molar-refractivity contribution is 0.102. The number of aromatic nitrogens is 1. The second-order valence-electron chi connectivity index (χ2n) is 3.92. The molecule has 0 spiro atoms. The van der Waals surface area contributed by atoms with Crippen molar-refractivity contribution in [3.63, 3.8) is 0 Å². The first-order valence-corrected chi connectivity index (χ1v) is 6.37. The summed E-state index contributed by atoms with van der Waals surface area (Å²) in [5.41, 5.74) is 2.45. The van der Waals surface area contributed by atoms with Crippen LogP contribution >= 0.6 is 28.3 Å². The minimum atomic E-state index is -0.151. The Morgan fingerprint density at radius 2 is 2.16 bits per heavy atom. The van der Waals surface area contributed by atoms with E-state index in [-0.39, 0.29) is 18.3 Å². The summed E-state index contributed by atoms with van der Waals surface area (Å²) in [6.45, 7) is 0.776. The number of nitrogens with one attached hydrogen (secondary N) is 3. The molecular weight excluding hydrogens is 330 g/mol. The van der Waals surface area contributed by atoms with E-state index in [1.807, 2.05) is 31.3 Å². The second-order valence-corrected chi connectivity index (χ2v) is 4.83. The van der Waals surface area contributed by atoms with Crippen LogP contribution in [-0.4, -0.2) is 17.9 Å². The standard InChI is InChI=1S/C13H14BrN3O.ClH/c1-15-7-9-3-2-4-11(5-9)17-13(18)12-6-10(14)8-16-12;/h2-6,8,15-16H,7H2,1H3,(H,17,18);1H. The highest BCUT2D eigenvalue weighted by Gasteiger charge is 2.08. The Morgan fingerprint density at radius 3 is 2.79 bits per heavy atom. The number of carbonyl (C=O) groups excluding carboxylic acids is 1. The fraction of sp³-hybridized carbons (Fsp3) is 0.154. The molecule has 3 N–H and O–H groups in total. The second kappa shape index (κ2) is 7.33. The zero-order chi connectivity index (χ0) is 13.0. The highest BCUT2D eigenvalue weighted by molar-refractivity contribution is 9.10. The van der Waals surface area contributed by atoms with Crippen molar-refractivity contribution in [2.45, 2.75) is 6.54 Å². The van der Waals surface area contributed by atoms with Crippen LogP contribution in [0.1, 0.15) is 16.1 Å². The van der Waals surface area contributed by atoms with E-state index < -0.39 is 0 Å². The lowest BCUT2D eigenvalue weighted by atomic mass is 10.2. The van der Waals surface area contributed by atoms with Gasteiger partial charge in [0.15, 0.2) is 0 Å². The largest absolute Gasteiger partial charge is 0.356 e. The van der Waals surface area contributed by atoms with Crippen LogP contribution in [0.3, 0.4) is 0 Å². The minimum absolute atomic E-state index is 0. The number of benzene rings is 1. The van der Waals surface area contributed by atoms with E-state index in [0.29, 0.717) is 5.69 Å². The minimum Gasteiger partial charge on any atom is -0.356 e. The summed E-state index contributed by atoms with van der Waals surface area (Å²) in [5.74, 6) is -0.151. The molecule has 1 aromatic carbocycles. The third-order valence-electron chi connectivity index (χ3n) is 2.46. The van der Waals surface area contributed by atoms with Gasteiger partial charge in [-0.15, -0.1) is 12.4 Å². The van der Waals surface area contributed by atoms with Crippen LogP contribution in [0.4, 0.5) is 5.69 Å². The van der Waals surface area contributed by atoms with Crippen LogP contribution in [-0.2, 0) is 6.54 Å². The molecule has 4 nitrogen and oxygen atoms in total. The number of rotatable bonds is 4. The van der Waals surface area contributed by atoms with E-state index in [2.05, 4.69) is 31.5 Å². The Morgan fingerprint density at radius 1 is 1.37 bits per heavy atom.